The van der Waals surface area contributed by atoms with Gasteiger partial charge in [-0.1, -0.05) is 32.0 Å². The molecule has 32 heavy (non-hydrogen) atoms. The molecule has 6 nitrogen and oxygen atoms in total. The summed E-state index contributed by atoms with van der Waals surface area (Å²) in [4.78, 5) is 14.4. The van der Waals surface area contributed by atoms with Crippen molar-refractivity contribution in [2.75, 3.05) is 13.2 Å². The Hall–Kier alpha value is -2.88. The lowest BCUT2D eigenvalue weighted by Gasteiger charge is -2.54. The third kappa shape index (κ3) is 2.68. The van der Waals surface area contributed by atoms with Crippen LogP contribution in [0.3, 0.4) is 0 Å². The summed E-state index contributed by atoms with van der Waals surface area (Å²) >= 11 is 0. The summed E-state index contributed by atoms with van der Waals surface area (Å²) in [7, 11) is 0. The maximum atomic E-state index is 9.99. The summed E-state index contributed by atoms with van der Waals surface area (Å²) in [5, 5.41) is 11.0. The molecule has 3 atom stereocenters. The van der Waals surface area contributed by atoms with Crippen molar-refractivity contribution in [3.8, 4) is 17.5 Å². The van der Waals surface area contributed by atoms with E-state index in [9.17, 15) is 5.26 Å². The molecule has 3 aliphatic rings. The average Bonchev–Trinajstić information content (AvgIpc) is 3.31. The van der Waals surface area contributed by atoms with Gasteiger partial charge >= 0.3 is 0 Å². The fourth-order valence-corrected chi connectivity index (χ4v) is 6.44. The van der Waals surface area contributed by atoms with Gasteiger partial charge in [0, 0.05) is 40.5 Å². The normalized spacial score (nSPS) is 28.3. The maximum absolute atomic E-state index is 9.99. The molecule has 0 N–H and O–H groups in total. The number of nitrogens with zero attached hydrogens (tertiary/aromatic N) is 4. The zero-order valence-electron chi connectivity index (χ0n) is 18.5. The first-order valence-corrected chi connectivity index (χ1v) is 11.5. The van der Waals surface area contributed by atoms with E-state index in [1.165, 1.54) is 0 Å². The summed E-state index contributed by atoms with van der Waals surface area (Å²) in [6, 6.07) is 12.3. The van der Waals surface area contributed by atoms with Crippen LogP contribution in [0.2, 0.25) is 0 Å². The Balaban J connectivity index is 1.52. The van der Waals surface area contributed by atoms with Crippen LogP contribution in [0.1, 0.15) is 50.1 Å². The van der Waals surface area contributed by atoms with Gasteiger partial charge in [0.25, 0.3) is 0 Å². The number of fused-ring (bicyclic) bond motifs is 4. The van der Waals surface area contributed by atoms with Gasteiger partial charge in [-0.15, -0.1) is 0 Å². The number of aromatic nitrogens is 3. The molecule has 0 unspecified atom stereocenters. The Bertz CT molecular complexity index is 1260. The van der Waals surface area contributed by atoms with Crippen molar-refractivity contribution in [3.05, 3.63) is 53.5 Å². The van der Waals surface area contributed by atoms with Gasteiger partial charge in [0.2, 0.25) is 0 Å². The minimum Gasteiger partial charge on any atom is -0.347 e. The van der Waals surface area contributed by atoms with Crippen LogP contribution < -0.4 is 0 Å². The van der Waals surface area contributed by atoms with Crippen molar-refractivity contribution in [3.63, 3.8) is 0 Å². The number of nitriles is 1. The van der Waals surface area contributed by atoms with Crippen molar-refractivity contribution >= 4 is 10.9 Å². The van der Waals surface area contributed by atoms with Crippen molar-refractivity contribution in [1.82, 2.24) is 15.0 Å². The average molecular weight is 427 g/mol. The predicted molar refractivity (Wildman–Crippen MR) is 120 cm³/mol. The number of para-hydroxylation sites is 1. The Labute approximate surface area is 187 Å². The number of rotatable bonds is 1. The first-order valence-electron chi connectivity index (χ1n) is 11.5. The van der Waals surface area contributed by atoms with Crippen LogP contribution in [0.25, 0.3) is 22.3 Å². The van der Waals surface area contributed by atoms with E-state index < -0.39 is 5.79 Å². The fourth-order valence-electron chi connectivity index (χ4n) is 6.44. The van der Waals surface area contributed by atoms with Crippen molar-refractivity contribution < 1.29 is 9.47 Å². The van der Waals surface area contributed by atoms with E-state index >= 15 is 0 Å². The minimum atomic E-state index is -0.461. The van der Waals surface area contributed by atoms with Gasteiger partial charge in [-0.2, -0.15) is 5.26 Å². The molecule has 0 radical (unpaired) electrons. The molecule has 2 fully saturated rings. The van der Waals surface area contributed by atoms with E-state index in [1.54, 1.807) is 6.20 Å². The standard InChI is InChI=1S/C26H26N4O2/c1-16-20-8-7-19-22(15-27)29-24(18-9-12-28-21-6-4-3-5-17(18)21)30-23(19)25(20,2)10-11-26(16)31-13-14-32-26/h3-6,9,12,16,20H,7-8,10-11,13-14H2,1-2H3/t16-,20-,25-/m1/s1. The number of ether oxygens (including phenoxy) is 2. The second-order valence-corrected chi connectivity index (χ2v) is 9.57. The lowest BCUT2D eigenvalue weighted by molar-refractivity contribution is -0.234. The molecule has 6 heteroatoms. The molecule has 2 aromatic heterocycles. The topological polar surface area (TPSA) is 80.9 Å². The van der Waals surface area contributed by atoms with E-state index in [4.69, 9.17) is 19.4 Å². The van der Waals surface area contributed by atoms with E-state index in [0.717, 1.165) is 53.4 Å². The lowest BCUT2D eigenvalue weighted by Crippen LogP contribution is -2.55. The highest BCUT2D eigenvalue weighted by Gasteiger charge is 2.57. The highest BCUT2D eigenvalue weighted by molar-refractivity contribution is 5.92. The van der Waals surface area contributed by atoms with Crippen molar-refractivity contribution in [1.29, 1.82) is 5.26 Å². The zero-order chi connectivity index (χ0) is 21.9. The number of benzene rings is 1. The molecule has 1 aromatic carbocycles. The smallest absolute Gasteiger partial charge is 0.171 e. The first kappa shape index (κ1) is 19.8. The summed E-state index contributed by atoms with van der Waals surface area (Å²) in [6.45, 7) is 5.92. The molecule has 0 bridgehead atoms. The Morgan fingerprint density at radius 2 is 1.91 bits per heavy atom. The predicted octanol–water partition coefficient (Wildman–Crippen LogP) is 4.56. The summed E-state index contributed by atoms with van der Waals surface area (Å²) in [5.41, 5.74) is 4.24. The second kappa shape index (κ2) is 7.06. The summed E-state index contributed by atoms with van der Waals surface area (Å²) in [6.07, 6.45) is 5.37. The molecule has 3 aromatic rings. The van der Waals surface area contributed by atoms with Crippen LogP contribution >= 0.6 is 0 Å². The quantitative estimate of drug-likeness (QED) is 0.568. The molecule has 1 saturated heterocycles. The van der Waals surface area contributed by atoms with Gasteiger partial charge in [-0.05, 0) is 37.3 Å². The van der Waals surface area contributed by atoms with Gasteiger partial charge < -0.3 is 9.47 Å². The van der Waals surface area contributed by atoms with Crippen molar-refractivity contribution in [2.45, 2.75) is 50.7 Å². The second-order valence-electron chi connectivity index (χ2n) is 9.57. The van der Waals surface area contributed by atoms with Crippen molar-refractivity contribution in [2.24, 2.45) is 11.8 Å². The fraction of sp³-hybridized carbons (Fsp3) is 0.462. The Morgan fingerprint density at radius 1 is 1.09 bits per heavy atom. The number of hydrogen-bond donors (Lipinski definition) is 0. The van der Waals surface area contributed by atoms with Gasteiger partial charge in [-0.3, -0.25) is 4.98 Å². The molecule has 6 rings (SSSR count). The Kier molecular flexibility index (Phi) is 4.36. The molecular weight excluding hydrogens is 400 g/mol. The highest BCUT2D eigenvalue weighted by atomic mass is 16.7. The van der Waals surface area contributed by atoms with E-state index in [1.807, 2.05) is 30.3 Å². The van der Waals surface area contributed by atoms with Crippen LogP contribution in [0.4, 0.5) is 0 Å². The van der Waals surface area contributed by atoms with E-state index in [2.05, 4.69) is 24.9 Å². The van der Waals surface area contributed by atoms with Crippen LogP contribution in [0.15, 0.2) is 36.5 Å². The van der Waals surface area contributed by atoms with Crippen LogP contribution in [-0.4, -0.2) is 34.0 Å². The molecule has 2 aliphatic carbocycles. The lowest BCUT2D eigenvalue weighted by atomic mass is 9.55. The van der Waals surface area contributed by atoms with Crippen LogP contribution in [0.5, 0.6) is 0 Å². The largest absolute Gasteiger partial charge is 0.347 e. The van der Waals surface area contributed by atoms with Gasteiger partial charge in [0.15, 0.2) is 11.6 Å². The minimum absolute atomic E-state index is 0.139. The van der Waals surface area contributed by atoms with Gasteiger partial charge in [0.1, 0.15) is 11.8 Å². The maximum Gasteiger partial charge on any atom is 0.171 e. The first-order chi connectivity index (χ1) is 15.6. The molecule has 0 amide bonds. The molecule has 1 saturated carbocycles. The molecule has 3 heterocycles. The number of pyridine rings is 1. The summed E-state index contributed by atoms with van der Waals surface area (Å²) < 4.78 is 12.3. The molecule has 1 spiro atoms. The zero-order valence-corrected chi connectivity index (χ0v) is 18.5. The molecular formula is C26H26N4O2. The highest BCUT2D eigenvalue weighted by Crippen LogP contribution is 2.56. The van der Waals surface area contributed by atoms with E-state index in [0.29, 0.717) is 30.7 Å². The van der Waals surface area contributed by atoms with Gasteiger partial charge in [0.05, 0.1) is 24.4 Å². The third-order valence-electron chi connectivity index (χ3n) is 8.13. The molecule has 1 aliphatic heterocycles. The van der Waals surface area contributed by atoms with Gasteiger partial charge in [-0.25, -0.2) is 9.97 Å². The third-order valence-corrected chi connectivity index (χ3v) is 8.13. The van der Waals surface area contributed by atoms with Crippen LogP contribution in [-0.2, 0) is 21.3 Å². The monoisotopic (exact) mass is 426 g/mol. The van der Waals surface area contributed by atoms with E-state index in [-0.39, 0.29) is 11.3 Å². The summed E-state index contributed by atoms with van der Waals surface area (Å²) in [5.74, 6) is 0.798. The molecule has 162 valence electrons. The number of hydrogen-bond acceptors (Lipinski definition) is 6. The Morgan fingerprint density at radius 3 is 2.72 bits per heavy atom. The SMILES string of the molecule is C[C@@H]1[C@H]2CCc3c(C#N)nc(-c4ccnc5ccccc45)nc3[C@]2(C)CCC12OCCO2. The van der Waals surface area contributed by atoms with Crippen LogP contribution in [0, 0.1) is 23.2 Å².